The zero-order valence-electron chi connectivity index (χ0n) is 16.1. The molecule has 3 aromatic rings. The fourth-order valence-corrected chi connectivity index (χ4v) is 3.78. The summed E-state index contributed by atoms with van der Waals surface area (Å²) in [5, 5.41) is 3.75. The van der Waals surface area contributed by atoms with Crippen LogP contribution in [0.3, 0.4) is 0 Å². The van der Waals surface area contributed by atoms with E-state index in [1.165, 1.54) is 0 Å². The molecule has 0 aliphatic carbocycles. The molecule has 2 heterocycles. The second kappa shape index (κ2) is 7.43. The highest BCUT2D eigenvalue weighted by Crippen LogP contribution is 2.26. The molecule has 28 heavy (non-hydrogen) atoms. The number of hydrogen-bond donors (Lipinski definition) is 1. The van der Waals surface area contributed by atoms with Crippen LogP contribution in [0.2, 0.25) is 0 Å². The second-order valence-corrected chi connectivity index (χ2v) is 7.29. The predicted octanol–water partition coefficient (Wildman–Crippen LogP) is 3.42. The Kier molecular flexibility index (Phi) is 4.82. The monoisotopic (exact) mass is 373 g/mol. The fraction of sp³-hybridized carbons (Fsp3) is 0.261. The number of carbonyl (C=O) groups is 2. The molecule has 1 aliphatic heterocycles. The van der Waals surface area contributed by atoms with Gasteiger partial charge in [0.25, 0.3) is 5.91 Å². The third-order valence-electron chi connectivity index (χ3n) is 5.36. The molecular weight excluding hydrogens is 350 g/mol. The Hall–Kier alpha value is -3.21. The SMILES string of the molecule is CNC(=O)[C@H]1CCN(C(=O)c2cccc(-c3ccc4nc(C)ccc4c3)c2)C1. The molecule has 5 nitrogen and oxygen atoms in total. The maximum absolute atomic E-state index is 12.9. The van der Waals surface area contributed by atoms with E-state index in [-0.39, 0.29) is 17.7 Å². The number of likely N-dealkylation sites (tertiary alicyclic amines) is 1. The molecule has 1 saturated heterocycles. The fourth-order valence-electron chi connectivity index (χ4n) is 3.78. The molecule has 0 saturated carbocycles. The Balaban J connectivity index is 1.59. The Bertz CT molecular complexity index is 1060. The number of rotatable bonds is 3. The van der Waals surface area contributed by atoms with Crippen molar-refractivity contribution in [2.24, 2.45) is 5.92 Å². The van der Waals surface area contributed by atoms with Crippen LogP contribution in [0.25, 0.3) is 22.0 Å². The molecule has 142 valence electrons. The first-order valence-electron chi connectivity index (χ1n) is 9.54. The van der Waals surface area contributed by atoms with Crippen LogP contribution in [-0.2, 0) is 4.79 Å². The largest absolute Gasteiger partial charge is 0.359 e. The van der Waals surface area contributed by atoms with Gasteiger partial charge in [0.1, 0.15) is 0 Å². The number of aromatic nitrogens is 1. The molecule has 1 aromatic heterocycles. The minimum absolute atomic E-state index is 0.00376. The van der Waals surface area contributed by atoms with Gasteiger partial charge in [0, 0.05) is 36.8 Å². The van der Waals surface area contributed by atoms with Gasteiger partial charge in [-0.3, -0.25) is 14.6 Å². The van der Waals surface area contributed by atoms with E-state index in [0.29, 0.717) is 25.1 Å². The van der Waals surface area contributed by atoms with E-state index >= 15 is 0 Å². The summed E-state index contributed by atoms with van der Waals surface area (Å²) in [5.74, 6) is -0.135. The van der Waals surface area contributed by atoms with Gasteiger partial charge >= 0.3 is 0 Å². The highest BCUT2D eigenvalue weighted by Gasteiger charge is 2.30. The Labute approximate surface area is 164 Å². The van der Waals surface area contributed by atoms with Gasteiger partial charge in [-0.15, -0.1) is 0 Å². The van der Waals surface area contributed by atoms with E-state index in [4.69, 9.17) is 0 Å². The van der Waals surface area contributed by atoms with Gasteiger partial charge in [-0.1, -0.05) is 24.3 Å². The van der Waals surface area contributed by atoms with Crippen LogP contribution in [0.4, 0.5) is 0 Å². The number of amides is 2. The van der Waals surface area contributed by atoms with E-state index in [2.05, 4.69) is 22.4 Å². The summed E-state index contributed by atoms with van der Waals surface area (Å²) >= 11 is 0. The van der Waals surface area contributed by atoms with Gasteiger partial charge in [0.05, 0.1) is 11.4 Å². The number of benzene rings is 2. The lowest BCUT2D eigenvalue weighted by molar-refractivity contribution is -0.124. The second-order valence-electron chi connectivity index (χ2n) is 7.29. The number of aryl methyl sites for hydroxylation is 1. The van der Waals surface area contributed by atoms with Crippen molar-refractivity contribution in [3.63, 3.8) is 0 Å². The lowest BCUT2D eigenvalue weighted by Gasteiger charge is -2.17. The Morgan fingerprint density at radius 1 is 1.07 bits per heavy atom. The number of carbonyl (C=O) groups excluding carboxylic acids is 2. The molecule has 1 aliphatic rings. The molecule has 2 aromatic carbocycles. The molecule has 1 fully saturated rings. The smallest absolute Gasteiger partial charge is 0.253 e. The van der Waals surface area contributed by atoms with Gasteiger partial charge in [0.2, 0.25) is 5.91 Å². The minimum atomic E-state index is -0.117. The summed E-state index contributed by atoms with van der Waals surface area (Å²) in [7, 11) is 1.64. The molecule has 2 amide bonds. The number of fused-ring (bicyclic) bond motifs is 1. The molecule has 0 spiro atoms. The van der Waals surface area contributed by atoms with Crippen LogP contribution in [-0.4, -0.2) is 41.8 Å². The third kappa shape index (κ3) is 3.48. The van der Waals surface area contributed by atoms with E-state index < -0.39 is 0 Å². The first-order valence-corrected chi connectivity index (χ1v) is 9.54. The van der Waals surface area contributed by atoms with E-state index in [1.54, 1.807) is 11.9 Å². The Morgan fingerprint density at radius 2 is 1.89 bits per heavy atom. The third-order valence-corrected chi connectivity index (χ3v) is 5.36. The lowest BCUT2D eigenvalue weighted by atomic mass is 10.0. The molecule has 5 heteroatoms. The van der Waals surface area contributed by atoms with E-state index in [1.807, 2.05) is 49.4 Å². The lowest BCUT2D eigenvalue weighted by Crippen LogP contribution is -2.33. The average Bonchev–Trinajstić information content (AvgIpc) is 3.22. The summed E-state index contributed by atoms with van der Waals surface area (Å²) in [4.78, 5) is 31.1. The van der Waals surface area contributed by atoms with Crippen molar-refractivity contribution in [2.45, 2.75) is 13.3 Å². The highest BCUT2D eigenvalue weighted by atomic mass is 16.2. The van der Waals surface area contributed by atoms with Gasteiger partial charge in [-0.05, 0) is 54.8 Å². The summed E-state index contributed by atoms with van der Waals surface area (Å²) in [6, 6.07) is 17.9. The molecular formula is C23H23N3O2. The van der Waals surface area contributed by atoms with Crippen molar-refractivity contribution in [3.05, 3.63) is 65.9 Å². The predicted molar refractivity (Wildman–Crippen MR) is 110 cm³/mol. The van der Waals surface area contributed by atoms with Crippen LogP contribution < -0.4 is 5.32 Å². The summed E-state index contributed by atoms with van der Waals surface area (Å²) in [6.07, 6.45) is 0.711. The van der Waals surface area contributed by atoms with Crippen molar-refractivity contribution in [1.82, 2.24) is 15.2 Å². The first kappa shape index (κ1) is 18.2. The summed E-state index contributed by atoms with van der Waals surface area (Å²) in [5.41, 5.74) is 4.66. The Morgan fingerprint density at radius 3 is 2.71 bits per heavy atom. The minimum Gasteiger partial charge on any atom is -0.359 e. The van der Waals surface area contributed by atoms with Crippen molar-refractivity contribution >= 4 is 22.7 Å². The highest BCUT2D eigenvalue weighted by molar-refractivity contribution is 5.96. The van der Waals surface area contributed by atoms with E-state index in [0.717, 1.165) is 27.7 Å². The molecule has 0 unspecified atom stereocenters. The molecule has 0 radical (unpaired) electrons. The van der Waals surface area contributed by atoms with Crippen LogP contribution in [0.1, 0.15) is 22.5 Å². The molecule has 1 atom stereocenters. The first-order chi connectivity index (χ1) is 13.5. The standard InChI is InChI=1S/C23H23N3O2/c1-15-6-7-18-12-17(8-9-21(18)25-15)16-4-3-5-19(13-16)23(28)26-11-10-20(14-26)22(27)24-2/h3-9,12-13,20H,10-11,14H2,1-2H3,(H,24,27)/t20-/m0/s1. The summed E-state index contributed by atoms with van der Waals surface area (Å²) in [6.45, 7) is 3.07. The van der Waals surface area contributed by atoms with Gasteiger partial charge in [-0.2, -0.15) is 0 Å². The van der Waals surface area contributed by atoms with E-state index in [9.17, 15) is 9.59 Å². The van der Waals surface area contributed by atoms with Gasteiger partial charge in [0.15, 0.2) is 0 Å². The molecule has 1 N–H and O–H groups in total. The van der Waals surface area contributed by atoms with Crippen LogP contribution in [0, 0.1) is 12.8 Å². The van der Waals surface area contributed by atoms with Gasteiger partial charge in [-0.25, -0.2) is 0 Å². The number of pyridine rings is 1. The van der Waals surface area contributed by atoms with Gasteiger partial charge < -0.3 is 10.2 Å². The zero-order chi connectivity index (χ0) is 19.7. The number of nitrogens with one attached hydrogen (secondary N) is 1. The van der Waals surface area contributed by atoms with Crippen LogP contribution >= 0.6 is 0 Å². The summed E-state index contributed by atoms with van der Waals surface area (Å²) < 4.78 is 0. The number of hydrogen-bond acceptors (Lipinski definition) is 3. The zero-order valence-corrected chi connectivity index (χ0v) is 16.1. The molecule has 4 rings (SSSR count). The normalized spacial score (nSPS) is 16.4. The topological polar surface area (TPSA) is 62.3 Å². The van der Waals surface area contributed by atoms with Crippen molar-refractivity contribution in [1.29, 1.82) is 0 Å². The van der Waals surface area contributed by atoms with Crippen molar-refractivity contribution < 1.29 is 9.59 Å². The van der Waals surface area contributed by atoms with Crippen LogP contribution in [0.5, 0.6) is 0 Å². The quantitative estimate of drug-likeness (QED) is 0.765. The number of nitrogens with zero attached hydrogens (tertiary/aromatic N) is 2. The van der Waals surface area contributed by atoms with Crippen molar-refractivity contribution in [2.75, 3.05) is 20.1 Å². The molecule has 0 bridgehead atoms. The maximum atomic E-state index is 12.9. The van der Waals surface area contributed by atoms with Crippen LogP contribution in [0.15, 0.2) is 54.6 Å². The van der Waals surface area contributed by atoms with Crippen molar-refractivity contribution in [3.8, 4) is 11.1 Å². The maximum Gasteiger partial charge on any atom is 0.253 e. The average molecular weight is 373 g/mol.